The first-order valence-corrected chi connectivity index (χ1v) is 7.26. The second-order valence-electron chi connectivity index (χ2n) is 3.73. The van der Waals surface area contributed by atoms with Gasteiger partial charge in [0, 0.05) is 11.1 Å². The van der Waals surface area contributed by atoms with Crippen LogP contribution in [0.25, 0.3) is 0 Å². The molecule has 0 atom stereocenters. The molecule has 0 aliphatic rings. The highest BCUT2D eigenvalue weighted by atomic mass is 32.1. The Balaban J connectivity index is 2.03. The van der Waals surface area contributed by atoms with E-state index in [1.807, 2.05) is 13.0 Å². The summed E-state index contributed by atoms with van der Waals surface area (Å²) < 4.78 is 0. The number of nitrogens with one attached hydrogen (secondary N) is 1. The number of thiazole rings is 1. The Morgan fingerprint density at radius 2 is 2.42 bits per heavy atom. The van der Waals surface area contributed by atoms with Crippen LogP contribution in [0.5, 0.6) is 0 Å². The lowest BCUT2D eigenvalue weighted by molar-refractivity contribution is 0.0955. The predicted octanol–water partition coefficient (Wildman–Crippen LogP) is 1.79. The maximum Gasteiger partial charge on any atom is 0.261 e. The van der Waals surface area contributed by atoms with E-state index in [4.69, 9.17) is 5.11 Å². The van der Waals surface area contributed by atoms with Gasteiger partial charge in [0.25, 0.3) is 5.91 Å². The third-order valence-corrected chi connectivity index (χ3v) is 4.26. The van der Waals surface area contributed by atoms with Crippen LogP contribution in [0.4, 0.5) is 0 Å². The first-order chi connectivity index (χ1) is 9.20. The van der Waals surface area contributed by atoms with Crippen molar-refractivity contribution in [3.8, 4) is 11.8 Å². The molecule has 0 aromatic carbocycles. The molecule has 0 fully saturated rings. The fourth-order valence-corrected chi connectivity index (χ4v) is 2.92. The lowest BCUT2D eigenvalue weighted by atomic mass is 10.2. The van der Waals surface area contributed by atoms with Crippen molar-refractivity contribution in [3.63, 3.8) is 0 Å². The summed E-state index contributed by atoms with van der Waals surface area (Å²) in [5.74, 6) is 5.32. The fourth-order valence-electron chi connectivity index (χ4n) is 1.42. The molecule has 98 valence electrons. The average molecular weight is 292 g/mol. The van der Waals surface area contributed by atoms with E-state index in [1.165, 1.54) is 22.7 Å². The monoisotopic (exact) mass is 292 g/mol. The minimum absolute atomic E-state index is 0.112. The molecule has 0 saturated carbocycles. The Morgan fingerprint density at radius 3 is 3.11 bits per heavy atom. The van der Waals surface area contributed by atoms with Crippen molar-refractivity contribution in [3.05, 3.63) is 38.0 Å². The molecular weight excluding hydrogens is 280 g/mol. The van der Waals surface area contributed by atoms with Crippen molar-refractivity contribution in [1.82, 2.24) is 10.3 Å². The summed E-state index contributed by atoms with van der Waals surface area (Å²) in [6, 6.07) is 1.81. The first kappa shape index (κ1) is 13.7. The number of carbonyl (C=O) groups is 1. The van der Waals surface area contributed by atoms with Gasteiger partial charge in [0.05, 0.1) is 21.8 Å². The molecule has 0 aliphatic carbocycles. The van der Waals surface area contributed by atoms with Crippen LogP contribution in [-0.2, 0) is 6.54 Å². The van der Waals surface area contributed by atoms with Crippen LogP contribution in [0.3, 0.4) is 0 Å². The summed E-state index contributed by atoms with van der Waals surface area (Å²) in [6.45, 7) is 2.21. The van der Waals surface area contributed by atoms with Crippen LogP contribution in [0, 0.1) is 18.8 Å². The molecule has 0 saturated heterocycles. The summed E-state index contributed by atoms with van der Waals surface area (Å²) in [5, 5.41) is 11.5. The number of hydrogen-bond donors (Lipinski definition) is 2. The first-order valence-electron chi connectivity index (χ1n) is 5.56. The molecule has 2 rings (SSSR count). The standard InChI is InChI=1S/C13H12N2O2S2/c1-9-5-12(19-11(9)3-2-4-16)13(17)15-7-10-6-14-8-18-10/h5-6,8,16H,4,7H2,1H3,(H,15,17). The van der Waals surface area contributed by atoms with Gasteiger partial charge in [-0.2, -0.15) is 0 Å². The number of rotatable bonds is 3. The van der Waals surface area contributed by atoms with Crippen LogP contribution < -0.4 is 5.32 Å². The van der Waals surface area contributed by atoms with E-state index in [1.54, 1.807) is 11.7 Å². The quantitative estimate of drug-likeness (QED) is 0.848. The van der Waals surface area contributed by atoms with Gasteiger partial charge >= 0.3 is 0 Å². The topological polar surface area (TPSA) is 62.2 Å². The molecule has 2 aromatic heterocycles. The second kappa shape index (κ2) is 6.48. The van der Waals surface area contributed by atoms with E-state index in [0.717, 1.165) is 15.3 Å². The molecule has 0 spiro atoms. The molecular formula is C13H12N2O2S2. The number of aliphatic hydroxyl groups is 1. The molecule has 0 bridgehead atoms. The van der Waals surface area contributed by atoms with E-state index in [0.29, 0.717) is 11.4 Å². The minimum atomic E-state index is -0.176. The summed E-state index contributed by atoms with van der Waals surface area (Å²) >= 11 is 2.84. The SMILES string of the molecule is Cc1cc(C(=O)NCc2cncs2)sc1C#CCO. The van der Waals surface area contributed by atoms with Crippen LogP contribution in [0.1, 0.15) is 25.0 Å². The van der Waals surface area contributed by atoms with Gasteiger partial charge in [-0.15, -0.1) is 22.7 Å². The molecule has 6 heteroatoms. The molecule has 2 N–H and O–H groups in total. The highest BCUT2D eigenvalue weighted by Crippen LogP contribution is 2.21. The van der Waals surface area contributed by atoms with Crippen molar-refractivity contribution < 1.29 is 9.90 Å². The smallest absolute Gasteiger partial charge is 0.261 e. The molecule has 19 heavy (non-hydrogen) atoms. The number of thiophene rings is 1. The van der Waals surface area contributed by atoms with Crippen molar-refractivity contribution >= 4 is 28.6 Å². The van der Waals surface area contributed by atoms with Gasteiger partial charge in [0.2, 0.25) is 0 Å². The highest BCUT2D eigenvalue weighted by molar-refractivity contribution is 7.14. The number of amides is 1. The summed E-state index contributed by atoms with van der Waals surface area (Å²) in [4.78, 5) is 18.4. The lowest BCUT2D eigenvalue weighted by Gasteiger charge is -1.99. The van der Waals surface area contributed by atoms with Gasteiger partial charge in [0.1, 0.15) is 6.61 Å². The van der Waals surface area contributed by atoms with Gasteiger partial charge in [-0.3, -0.25) is 9.78 Å². The van der Waals surface area contributed by atoms with E-state index < -0.39 is 0 Å². The molecule has 4 nitrogen and oxygen atoms in total. The van der Waals surface area contributed by atoms with Crippen molar-refractivity contribution in [2.75, 3.05) is 6.61 Å². The summed E-state index contributed by atoms with van der Waals surface area (Å²) in [6.07, 6.45) is 1.74. The van der Waals surface area contributed by atoms with Crippen molar-refractivity contribution in [2.24, 2.45) is 0 Å². The summed E-state index contributed by atoms with van der Waals surface area (Å²) in [7, 11) is 0. The Labute approximate surface area is 119 Å². The molecule has 1 amide bonds. The number of nitrogens with zero attached hydrogens (tertiary/aromatic N) is 1. The van der Waals surface area contributed by atoms with E-state index in [9.17, 15) is 4.79 Å². The maximum absolute atomic E-state index is 12.0. The molecule has 2 aromatic rings. The van der Waals surface area contributed by atoms with Crippen LogP contribution in [-0.4, -0.2) is 22.6 Å². The lowest BCUT2D eigenvalue weighted by Crippen LogP contribution is -2.21. The molecule has 2 heterocycles. The number of aliphatic hydroxyl groups excluding tert-OH is 1. The van der Waals surface area contributed by atoms with Gasteiger partial charge < -0.3 is 10.4 Å². The predicted molar refractivity (Wildman–Crippen MR) is 76.3 cm³/mol. The van der Waals surface area contributed by atoms with E-state index in [-0.39, 0.29) is 12.5 Å². The van der Waals surface area contributed by atoms with E-state index >= 15 is 0 Å². The zero-order chi connectivity index (χ0) is 13.7. The minimum Gasteiger partial charge on any atom is -0.384 e. The van der Waals surface area contributed by atoms with Crippen molar-refractivity contribution in [1.29, 1.82) is 0 Å². The zero-order valence-electron chi connectivity index (χ0n) is 10.3. The fraction of sp³-hybridized carbons (Fsp3) is 0.231. The third-order valence-electron chi connectivity index (χ3n) is 2.33. The Morgan fingerprint density at radius 1 is 1.58 bits per heavy atom. The highest BCUT2D eigenvalue weighted by Gasteiger charge is 2.11. The van der Waals surface area contributed by atoms with Crippen molar-refractivity contribution in [2.45, 2.75) is 13.5 Å². The second-order valence-corrected chi connectivity index (χ2v) is 5.76. The van der Waals surface area contributed by atoms with Crippen LogP contribution in [0.2, 0.25) is 0 Å². The third kappa shape index (κ3) is 3.64. The average Bonchev–Trinajstić information content (AvgIpc) is 3.03. The Bertz CT molecular complexity index is 621. The van der Waals surface area contributed by atoms with Gasteiger partial charge in [-0.05, 0) is 18.6 Å². The number of aryl methyl sites for hydroxylation is 1. The Kier molecular flexibility index (Phi) is 4.68. The van der Waals surface area contributed by atoms with Gasteiger partial charge in [0.15, 0.2) is 0 Å². The van der Waals surface area contributed by atoms with Crippen LogP contribution in [0.15, 0.2) is 17.8 Å². The van der Waals surface area contributed by atoms with Crippen LogP contribution >= 0.6 is 22.7 Å². The molecule has 0 radical (unpaired) electrons. The summed E-state index contributed by atoms with van der Waals surface area (Å²) in [5.41, 5.74) is 2.69. The molecule has 0 aliphatic heterocycles. The molecule has 0 unspecified atom stereocenters. The zero-order valence-corrected chi connectivity index (χ0v) is 11.9. The van der Waals surface area contributed by atoms with Gasteiger partial charge in [-0.25, -0.2) is 0 Å². The number of carbonyl (C=O) groups excluding carboxylic acids is 1. The van der Waals surface area contributed by atoms with Gasteiger partial charge in [-0.1, -0.05) is 11.8 Å². The Hall–Kier alpha value is -1.68. The maximum atomic E-state index is 12.0. The normalized spacial score (nSPS) is 9.79. The number of aromatic nitrogens is 1. The van der Waals surface area contributed by atoms with E-state index in [2.05, 4.69) is 22.1 Å². The largest absolute Gasteiger partial charge is 0.384 e. The number of hydrogen-bond acceptors (Lipinski definition) is 5.